The summed E-state index contributed by atoms with van der Waals surface area (Å²) >= 11 is 3.38. The van der Waals surface area contributed by atoms with Crippen molar-refractivity contribution in [1.29, 1.82) is 0 Å². The predicted molar refractivity (Wildman–Crippen MR) is 108 cm³/mol. The molecule has 0 radical (unpaired) electrons. The van der Waals surface area contributed by atoms with E-state index in [1.165, 1.54) is 4.31 Å². The van der Waals surface area contributed by atoms with Crippen molar-refractivity contribution in [3.05, 3.63) is 64.6 Å². The lowest BCUT2D eigenvalue weighted by Crippen LogP contribution is -2.50. The van der Waals surface area contributed by atoms with Gasteiger partial charge in [0.15, 0.2) is 0 Å². The molecule has 27 heavy (non-hydrogen) atoms. The monoisotopic (exact) mass is 451 g/mol. The topological polar surface area (TPSA) is 69.7 Å². The number of amides is 1. The summed E-state index contributed by atoms with van der Waals surface area (Å²) in [6.45, 7) is 2.61. The SMILES string of the molecule is O=C(CN(Cc1ccc(Br)cc1)S(=O)(=O)c1ccccc1)N1CCNCC1. The number of sulfonamides is 1. The number of halogens is 1. The van der Waals surface area contributed by atoms with E-state index >= 15 is 0 Å². The molecule has 8 heteroatoms. The van der Waals surface area contributed by atoms with Crippen LogP contribution in [0.1, 0.15) is 5.56 Å². The molecule has 0 aromatic heterocycles. The number of hydrogen-bond donors (Lipinski definition) is 1. The number of nitrogens with one attached hydrogen (secondary N) is 1. The van der Waals surface area contributed by atoms with Gasteiger partial charge in [0.25, 0.3) is 0 Å². The minimum Gasteiger partial charge on any atom is -0.339 e. The third-order valence-corrected chi connectivity index (χ3v) is 6.77. The molecule has 1 saturated heterocycles. The summed E-state index contributed by atoms with van der Waals surface area (Å²) in [5.74, 6) is -0.173. The molecular formula is C19H22BrN3O3S. The van der Waals surface area contributed by atoms with Gasteiger partial charge >= 0.3 is 0 Å². The first-order chi connectivity index (χ1) is 13.0. The van der Waals surface area contributed by atoms with Gasteiger partial charge in [0.05, 0.1) is 11.4 Å². The fourth-order valence-corrected chi connectivity index (χ4v) is 4.59. The molecule has 1 aliphatic heterocycles. The van der Waals surface area contributed by atoms with E-state index < -0.39 is 10.0 Å². The van der Waals surface area contributed by atoms with Crippen molar-refractivity contribution in [1.82, 2.24) is 14.5 Å². The van der Waals surface area contributed by atoms with Crippen LogP contribution in [0.5, 0.6) is 0 Å². The van der Waals surface area contributed by atoms with Gasteiger partial charge in [-0.25, -0.2) is 8.42 Å². The van der Waals surface area contributed by atoms with Crippen LogP contribution in [0.4, 0.5) is 0 Å². The first-order valence-electron chi connectivity index (χ1n) is 8.75. The van der Waals surface area contributed by atoms with Gasteiger partial charge in [-0.2, -0.15) is 4.31 Å². The number of benzene rings is 2. The lowest BCUT2D eigenvalue weighted by Gasteiger charge is -2.30. The van der Waals surface area contributed by atoms with E-state index in [0.717, 1.165) is 23.1 Å². The smallest absolute Gasteiger partial charge is 0.243 e. The van der Waals surface area contributed by atoms with Crippen LogP contribution >= 0.6 is 15.9 Å². The van der Waals surface area contributed by atoms with Crippen LogP contribution in [0, 0.1) is 0 Å². The highest BCUT2D eigenvalue weighted by molar-refractivity contribution is 9.10. The van der Waals surface area contributed by atoms with E-state index in [1.54, 1.807) is 35.2 Å². The third-order valence-electron chi connectivity index (χ3n) is 4.43. The summed E-state index contributed by atoms with van der Waals surface area (Å²) in [6, 6.07) is 15.7. The van der Waals surface area contributed by atoms with E-state index in [-0.39, 0.29) is 23.9 Å². The molecule has 1 fully saturated rings. The lowest BCUT2D eigenvalue weighted by molar-refractivity contribution is -0.132. The number of rotatable bonds is 6. The van der Waals surface area contributed by atoms with E-state index in [9.17, 15) is 13.2 Å². The molecular weight excluding hydrogens is 430 g/mol. The molecule has 0 bridgehead atoms. The van der Waals surface area contributed by atoms with Crippen LogP contribution in [0.15, 0.2) is 64.0 Å². The second-order valence-corrected chi connectivity index (χ2v) is 9.20. The molecule has 1 N–H and O–H groups in total. The van der Waals surface area contributed by atoms with Gasteiger partial charge in [0, 0.05) is 37.2 Å². The molecule has 0 aliphatic carbocycles. The Bertz CT molecular complexity index is 867. The van der Waals surface area contributed by atoms with E-state index in [2.05, 4.69) is 21.2 Å². The van der Waals surface area contributed by atoms with Gasteiger partial charge in [-0.3, -0.25) is 4.79 Å². The normalized spacial score (nSPS) is 15.1. The maximum atomic E-state index is 13.2. The van der Waals surface area contributed by atoms with Crippen molar-refractivity contribution in [3.8, 4) is 0 Å². The van der Waals surface area contributed by atoms with Gasteiger partial charge < -0.3 is 10.2 Å². The molecule has 1 amide bonds. The molecule has 0 spiro atoms. The van der Waals surface area contributed by atoms with Crippen molar-refractivity contribution in [2.75, 3.05) is 32.7 Å². The Hall–Kier alpha value is -1.74. The standard InChI is InChI=1S/C19H22BrN3O3S/c20-17-8-6-16(7-9-17)14-23(15-19(24)22-12-10-21-11-13-22)27(25,26)18-4-2-1-3-5-18/h1-9,21H,10-15H2. The van der Waals surface area contributed by atoms with Gasteiger partial charge in [0.2, 0.25) is 15.9 Å². The third kappa shape index (κ3) is 5.16. The summed E-state index contributed by atoms with van der Waals surface area (Å²) in [5, 5.41) is 3.19. The van der Waals surface area contributed by atoms with E-state index in [1.807, 2.05) is 24.3 Å². The number of piperazine rings is 1. The second-order valence-electron chi connectivity index (χ2n) is 6.34. The van der Waals surface area contributed by atoms with Crippen LogP contribution in [0.2, 0.25) is 0 Å². The average molecular weight is 452 g/mol. The summed E-state index contributed by atoms with van der Waals surface area (Å²) in [5.41, 5.74) is 0.825. The number of hydrogen-bond acceptors (Lipinski definition) is 4. The maximum absolute atomic E-state index is 13.2. The maximum Gasteiger partial charge on any atom is 0.243 e. The highest BCUT2D eigenvalue weighted by atomic mass is 79.9. The Morgan fingerprint density at radius 1 is 1.04 bits per heavy atom. The minimum atomic E-state index is -3.78. The van der Waals surface area contributed by atoms with Crippen LogP contribution in [0.25, 0.3) is 0 Å². The molecule has 0 saturated carbocycles. The van der Waals surface area contributed by atoms with Crippen molar-refractivity contribution >= 4 is 31.9 Å². The van der Waals surface area contributed by atoms with Crippen molar-refractivity contribution in [3.63, 3.8) is 0 Å². The predicted octanol–water partition coefficient (Wildman–Crippen LogP) is 2.07. The van der Waals surface area contributed by atoms with Gasteiger partial charge in [0.1, 0.15) is 0 Å². The zero-order valence-corrected chi connectivity index (χ0v) is 17.2. The van der Waals surface area contributed by atoms with Crippen molar-refractivity contribution in [2.45, 2.75) is 11.4 Å². The second kappa shape index (κ2) is 8.97. The highest BCUT2D eigenvalue weighted by Gasteiger charge is 2.29. The van der Waals surface area contributed by atoms with Crippen molar-refractivity contribution < 1.29 is 13.2 Å². The Kier molecular flexibility index (Phi) is 6.64. The van der Waals surface area contributed by atoms with Crippen LogP contribution < -0.4 is 5.32 Å². The van der Waals surface area contributed by atoms with Crippen molar-refractivity contribution in [2.24, 2.45) is 0 Å². The molecule has 144 valence electrons. The average Bonchev–Trinajstić information content (AvgIpc) is 2.70. The minimum absolute atomic E-state index is 0.141. The Morgan fingerprint density at radius 2 is 1.67 bits per heavy atom. The molecule has 0 atom stereocenters. The van der Waals surface area contributed by atoms with Crippen LogP contribution in [-0.4, -0.2) is 56.3 Å². The molecule has 2 aromatic carbocycles. The lowest BCUT2D eigenvalue weighted by atomic mass is 10.2. The molecule has 6 nitrogen and oxygen atoms in total. The Balaban J connectivity index is 1.85. The number of carbonyl (C=O) groups is 1. The summed E-state index contributed by atoms with van der Waals surface area (Å²) in [7, 11) is -3.78. The Labute approximate surface area is 168 Å². The first-order valence-corrected chi connectivity index (χ1v) is 11.0. The zero-order chi connectivity index (χ0) is 19.3. The number of nitrogens with zero attached hydrogens (tertiary/aromatic N) is 2. The molecule has 0 unspecified atom stereocenters. The molecule has 1 aliphatic rings. The summed E-state index contributed by atoms with van der Waals surface area (Å²) in [6.07, 6.45) is 0. The molecule has 2 aromatic rings. The molecule has 1 heterocycles. The van der Waals surface area contributed by atoms with Crippen LogP contribution in [0.3, 0.4) is 0 Å². The highest BCUT2D eigenvalue weighted by Crippen LogP contribution is 2.20. The first kappa shape index (κ1) is 20.0. The molecule has 3 rings (SSSR count). The summed E-state index contributed by atoms with van der Waals surface area (Å²) < 4.78 is 28.5. The quantitative estimate of drug-likeness (QED) is 0.729. The van der Waals surface area contributed by atoms with Gasteiger partial charge in [-0.15, -0.1) is 0 Å². The van der Waals surface area contributed by atoms with E-state index in [4.69, 9.17) is 0 Å². The van der Waals surface area contributed by atoms with Gasteiger partial charge in [-0.05, 0) is 29.8 Å². The fraction of sp³-hybridized carbons (Fsp3) is 0.316. The zero-order valence-electron chi connectivity index (χ0n) is 14.8. The Morgan fingerprint density at radius 3 is 2.30 bits per heavy atom. The summed E-state index contributed by atoms with van der Waals surface area (Å²) in [4.78, 5) is 14.6. The fourth-order valence-electron chi connectivity index (χ4n) is 2.93. The van der Waals surface area contributed by atoms with E-state index in [0.29, 0.717) is 13.1 Å². The number of carbonyl (C=O) groups excluding carboxylic acids is 1. The van der Waals surface area contributed by atoms with Crippen LogP contribution in [-0.2, 0) is 21.4 Å². The largest absolute Gasteiger partial charge is 0.339 e. The van der Waals surface area contributed by atoms with Gasteiger partial charge in [-0.1, -0.05) is 46.3 Å².